The Morgan fingerprint density at radius 3 is 2.56 bits per heavy atom. The number of amides is 1. The van der Waals surface area contributed by atoms with Gasteiger partial charge < -0.3 is 19.9 Å². The van der Waals surface area contributed by atoms with Crippen molar-refractivity contribution in [2.45, 2.75) is 40.7 Å². The van der Waals surface area contributed by atoms with Crippen LogP contribution >= 0.6 is 24.0 Å². The minimum absolute atomic E-state index is 0. The summed E-state index contributed by atoms with van der Waals surface area (Å²) >= 11 is 0. The summed E-state index contributed by atoms with van der Waals surface area (Å²) in [6.07, 6.45) is 2.65. The average Bonchev–Trinajstić information content (AvgIpc) is 2.65. The molecular weight excluding hydrogens is 457 g/mol. The van der Waals surface area contributed by atoms with E-state index in [0.29, 0.717) is 44.6 Å². The number of nitrogens with zero attached hydrogens (tertiary/aromatic N) is 4. The van der Waals surface area contributed by atoms with Crippen LogP contribution in [0.1, 0.15) is 39.7 Å². The summed E-state index contributed by atoms with van der Waals surface area (Å²) in [6.45, 7) is 11.6. The van der Waals surface area contributed by atoms with Crippen molar-refractivity contribution < 1.29 is 9.53 Å². The van der Waals surface area contributed by atoms with E-state index in [0.717, 1.165) is 18.5 Å². The number of carbonyl (C=O) groups is 1. The molecule has 0 spiro atoms. The first kappa shape index (κ1) is 25.4. The standard InChI is InChI=1S/C19H33N5O2.HI/c1-6-13-26-18-16(11-10-12-21-18)14-22-19(20-7-2)23(5)15-17(25)24(8-3)9-4;/h10-12H,6-9,13-15H2,1-5H3,(H,20,22);1H. The molecule has 1 N–H and O–H groups in total. The summed E-state index contributed by atoms with van der Waals surface area (Å²) < 4.78 is 5.69. The quantitative estimate of drug-likeness (QED) is 0.310. The molecule has 27 heavy (non-hydrogen) atoms. The van der Waals surface area contributed by atoms with Gasteiger partial charge in [-0.15, -0.1) is 24.0 Å². The van der Waals surface area contributed by atoms with Crippen molar-refractivity contribution in [1.29, 1.82) is 0 Å². The van der Waals surface area contributed by atoms with Gasteiger partial charge in [-0.05, 0) is 33.3 Å². The lowest BCUT2D eigenvalue weighted by molar-refractivity contribution is -0.131. The molecule has 1 amide bonds. The van der Waals surface area contributed by atoms with Crippen molar-refractivity contribution in [1.82, 2.24) is 20.1 Å². The second-order valence-corrected chi connectivity index (χ2v) is 5.91. The van der Waals surface area contributed by atoms with E-state index in [1.54, 1.807) is 6.20 Å². The zero-order valence-corrected chi connectivity index (χ0v) is 19.5. The Kier molecular flexibility index (Phi) is 13.6. The maximum atomic E-state index is 12.3. The summed E-state index contributed by atoms with van der Waals surface area (Å²) in [5, 5.41) is 3.24. The third kappa shape index (κ3) is 8.77. The molecule has 0 fully saturated rings. The van der Waals surface area contributed by atoms with Gasteiger partial charge in [-0.1, -0.05) is 13.0 Å². The van der Waals surface area contributed by atoms with Gasteiger partial charge in [-0.25, -0.2) is 9.98 Å². The fourth-order valence-corrected chi connectivity index (χ4v) is 2.46. The predicted octanol–water partition coefficient (Wildman–Crippen LogP) is 2.75. The first-order chi connectivity index (χ1) is 12.6. The van der Waals surface area contributed by atoms with E-state index >= 15 is 0 Å². The van der Waals surface area contributed by atoms with Crippen molar-refractivity contribution in [3.63, 3.8) is 0 Å². The Morgan fingerprint density at radius 2 is 1.96 bits per heavy atom. The molecule has 1 aromatic rings. The molecule has 0 bridgehead atoms. The number of likely N-dealkylation sites (N-methyl/N-ethyl adjacent to an activating group) is 2. The molecule has 8 heteroatoms. The van der Waals surface area contributed by atoms with Crippen LogP contribution in [-0.2, 0) is 11.3 Å². The lowest BCUT2D eigenvalue weighted by Crippen LogP contribution is -2.45. The second-order valence-electron chi connectivity index (χ2n) is 5.91. The SMILES string of the molecule is CCCOc1ncccc1CN=C(NCC)N(C)CC(=O)N(CC)CC.I. The first-order valence-corrected chi connectivity index (χ1v) is 9.41. The maximum Gasteiger partial charge on any atom is 0.242 e. The zero-order chi connectivity index (χ0) is 19.4. The first-order valence-electron chi connectivity index (χ1n) is 9.41. The molecule has 0 unspecified atom stereocenters. The largest absolute Gasteiger partial charge is 0.477 e. The molecule has 0 radical (unpaired) electrons. The van der Waals surface area contributed by atoms with Crippen LogP contribution in [0.15, 0.2) is 23.3 Å². The molecule has 0 aliphatic heterocycles. The van der Waals surface area contributed by atoms with Crippen LogP contribution in [0.5, 0.6) is 5.88 Å². The number of guanidine groups is 1. The van der Waals surface area contributed by atoms with Crippen LogP contribution in [0.2, 0.25) is 0 Å². The van der Waals surface area contributed by atoms with Crippen molar-refractivity contribution in [3.8, 4) is 5.88 Å². The number of carbonyl (C=O) groups excluding carboxylic acids is 1. The Balaban J connectivity index is 0.00000676. The Labute approximate surface area is 180 Å². The number of aromatic nitrogens is 1. The molecule has 7 nitrogen and oxygen atoms in total. The van der Waals surface area contributed by atoms with Gasteiger partial charge in [0.1, 0.15) is 0 Å². The van der Waals surface area contributed by atoms with Gasteiger partial charge in [0.15, 0.2) is 5.96 Å². The highest BCUT2D eigenvalue weighted by Gasteiger charge is 2.15. The van der Waals surface area contributed by atoms with Crippen molar-refractivity contribution in [2.24, 2.45) is 4.99 Å². The van der Waals surface area contributed by atoms with Gasteiger partial charge in [0.2, 0.25) is 11.8 Å². The van der Waals surface area contributed by atoms with E-state index in [2.05, 4.69) is 22.2 Å². The number of hydrogen-bond acceptors (Lipinski definition) is 4. The highest BCUT2D eigenvalue weighted by Crippen LogP contribution is 2.15. The smallest absolute Gasteiger partial charge is 0.242 e. The third-order valence-electron chi connectivity index (χ3n) is 3.88. The molecule has 0 aliphatic carbocycles. The molecule has 0 aromatic carbocycles. The maximum absolute atomic E-state index is 12.3. The lowest BCUT2D eigenvalue weighted by atomic mass is 10.3. The van der Waals surface area contributed by atoms with Gasteiger partial charge in [0.05, 0.1) is 19.7 Å². The van der Waals surface area contributed by atoms with E-state index in [1.807, 2.05) is 49.8 Å². The third-order valence-corrected chi connectivity index (χ3v) is 3.88. The summed E-state index contributed by atoms with van der Waals surface area (Å²) in [4.78, 5) is 25.0. The van der Waals surface area contributed by atoms with Crippen LogP contribution in [0, 0.1) is 0 Å². The molecule has 1 rings (SSSR count). The average molecular weight is 491 g/mol. The molecule has 1 aromatic heterocycles. The van der Waals surface area contributed by atoms with Gasteiger partial charge in [0.25, 0.3) is 0 Å². The summed E-state index contributed by atoms with van der Waals surface area (Å²) in [6, 6.07) is 3.84. The van der Waals surface area contributed by atoms with E-state index in [4.69, 9.17) is 4.74 Å². The minimum Gasteiger partial charge on any atom is -0.477 e. The van der Waals surface area contributed by atoms with Crippen LogP contribution in [0.4, 0.5) is 0 Å². The number of nitrogens with one attached hydrogen (secondary N) is 1. The molecule has 1 heterocycles. The van der Waals surface area contributed by atoms with Crippen LogP contribution < -0.4 is 10.1 Å². The molecule has 154 valence electrons. The fourth-order valence-electron chi connectivity index (χ4n) is 2.46. The zero-order valence-electron chi connectivity index (χ0n) is 17.2. The molecular formula is C19H34IN5O2. The number of ether oxygens (including phenoxy) is 1. The fraction of sp³-hybridized carbons (Fsp3) is 0.632. The Hall–Kier alpha value is -1.58. The van der Waals surface area contributed by atoms with Crippen molar-refractivity contribution >= 4 is 35.8 Å². The summed E-state index contributed by atoms with van der Waals surface area (Å²) in [5.41, 5.74) is 0.930. The number of hydrogen-bond donors (Lipinski definition) is 1. The van der Waals surface area contributed by atoms with Gasteiger partial charge in [-0.2, -0.15) is 0 Å². The molecule has 0 saturated heterocycles. The highest BCUT2D eigenvalue weighted by atomic mass is 127. The number of aliphatic imine (C=N–C) groups is 1. The highest BCUT2D eigenvalue weighted by molar-refractivity contribution is 14.0. The summed E-state index contributed by atoms with van der Waals surface area (Å²) in [5.74, 6) is 1.41. The number of pyridine rings is 1. The Bertz CT molecular complexity index is 579. The normalized spacial score (nSPS) is 10.8. The molecule has 0 atom stereocenters. The van der Waals surface area contributed by atoms with Crippen molar-refractivity contribution in [3.05, 3.63) is 23.9 Å². The monoisotopic (exact) mass is 491 g/mol. The predicted molar refractivity (Wildman–Crippen MR) is 121 cm³/mol. The van der Waals surface area contributed by atoms with E-state index in [-0.39, 0.29) is 29.9 Å². The lowest BCUT2D eigenvalue weighted by Gasteiger charge is -2.25. The van der Waals surface area contributed by atoms with Crippen molar-refractivity contribution in [2.75, 3.05) is 39.8 Å². The minimum atomic E-state index is 0. The number of rotatable bonds is 10. The topological polar surface area (TPSA) is 70.1 Å². The molecule has 0 saturated carbocycles. The van der Waals surface area contributed by atoms with E-state index in [9.17, 15) is 4.79 Å². The van der Waals surface area contributed by atoms with Gasteiger partial charge >= 0.3 is 0 Å². The second kappa shape index (κ2) is 14.5. The Morgan fingerprint density at radius 1 is 1.26 bits per heavy atom. The number of halogens is 1. The van der Waals surface area contributed by atoms with Crippen LogP contribution in [0.3, 0.4) is 0 Å². The van der Waals surface area contributed by atoms with E-state index < -0.39 is 0 Å². The van der Waals surface area contributed by atoms with Gasteiger partial charge in [-0.3, -0.25) is 4.79 Å². The van der Waals surface area contributed by atoms with Crippen LogP contribution in [0.25, 0.3) is 0 Å². The summed E-state index contributed by atoms with van der Waals surface area (Å²) in [7, 11) is 1.88. The van der Waals surface area contributed by atoms with Gasteiger partial charge in [0, 0.05) is 38.4 Å². The van der Waals surface area contributed by atoms with Crippen LogP contribution in [-0.4, -0.2) is 66.5 Å². The van der Waals surface area contributed by atoms with E-state index in [1.165, 1.54) is 0 Å². The molecule has 0 aliphatic rings.